The first-order chi connectivity index (χ1) is 8.70. The summed E-state index contributed by atoms with van der Waals surface area (Å²) >= 11 is 17.6. The fourth-order valence-corrected chi connectivity index (χ4v) is 1.68. The first-order valence-corrected chi connectivity index (χ1v) is 6.71. The Bertz CT molecular complexity index is 446. The van der Waals surface area contributed by atoms with Crippen LogP contribution in [0.4, 0.5) is 10.5 Å². The summed E-state index contributed by atoms with van der Waals surface area (Å²) < 4.78 is -1.67. The molecule has 0 aliphatic heterocycles. The summed E-state index contributed by atoms with van der Waals surface area (Å²) in [5.74, 6) is 0. The van der Waals surface area contributed by atoms with Gasteiger partial charge >= 0.3 is 6.03 Å². The van der Waals surface area contributed by atoms with E-state index in [2.05, 4.69) is 10.6 Å². The van der Waals surface area contributed by atoms with Crippen molar-refractivity contribution < 1.29 is 4.79 Å². The van der Waals surface area contributed by atoms with Crippen LogP contribution < -0.4 is 10.6 Å². The van der Waals surface area contributed by atoms with Crippen LogP contribution in [0, 0.1) is 6.92 Å². The Balaban J connectivity index is 2.84. The van der Waals surface area contributed by atoms with Gasteiger partial charge in [-0.25, -0.2) is 4.79 Å². The molecule has 1 aromatic rings. The fourth-order valence-electron chi connectivity index (χ4n) is 1.35. The summed E-state index contributed by atoms with van der Waals surface area (Å²) in [5, 5.41) is 5.60. The van der Waals surface area contributed by atoms with Crippen molar-refractivity contribution in [3.05, 3.63) is 29.8 Å². The standard InChI is InChI=1S/C12H16Cl3N3O/c1-8-5-4-6-9(7-8)16-10(12(13,14)15)17-11(19)18(2)3/h4-7,10,16H,1-3H3,(H,17,19)/t10-/m0/s1. The van der Waals surface area contributed by atoms with Crippen molar-refractivity contribution in [2.45, 2.75) is 16.9 Å². The lowest BCUT2D eigenvalue weighted by molar-refractivity contribution is 0.214. The van der Waals surface area contributed by atoms with Gasteiger partial charge in [-0.3, -0.25) is 0 Å². The highest BCUT2D eigenvalue weighted by atomic mass is 35.6. The molecule has 1 atom stereocenters. The third kappa shape index (κ3) is 5.35. The predicted molar refractivity (Wildman–Crippen MR) is 81.1 cm³/mol. The summed E-state index contributed by atoms with van der Waals surface area (Å²) in [4.78, 5) is 13.0. The molecule has 1 rings (SSSR count). The number of urea groups is 1. The molecule has 2 N–H and O–H groups in total. The van der Waals surface area contributed by atoms with Crippen LogP contribution in [0.15, 0.2) is 24.3 Å². The van der Waals surface area contributed by atoms with Crippen molar-refractivity contribution in [2.24, 2.45) is 0 Å². The quantitative estimate of drug-likeness (QED) is 0.661. The van der Waals surface area contributed by atoms with Crippen molar-refractivity contribution in [1.29, 1.82) is 0 Å². The van der Waals surface area contributed by atoms with Crippen molar-refractivity contribution >= 4 is 46.5 Å². The lowest BCUT2D eigenvalue weighted by Crippen LogP contribution is -2.52. The highest BCUT2D eigenvalue weighted by Gasteiger charge is 2.34. The molecule has 0 saturated carbocycles. The van der Waals surface area contributed by atoms with Gasteiger partial charge in [0.25, 0.3) is 0 Å². The number of anilines is 1. The molecule has 0 bridgehead atoms. The lowest BCUT2D eigenvalue weighted by atomic mass is 10.2. The first kappa shape index (κ1) is 16.2. The number of carbonyl (C=O) groups excluding carboxylic acids is 1. The normalized spacial score (nSPS) is 12.7. The van der Waals surface area contributed by atoms with Gasteiger partial charge in [0.2, 0.25) is 3.79 Å². The number of benzene rings is 1. The van der Waals surface area contributed by atoms with E-state index in [4.69, 9.17) is 34.8 Å². The Morgan fingerprint density at radius 1 is 1.32 bits per heavy atom. The fraction of sp³-hybridized carbons (Fsp3) is 0.417. The maximum atomic E-state index is 11.7. The van der Waals surface area contributed by atoms with Crippen molar-refractivity contribution in [3.8, 4) is 0 Å². The molecule has 0 fully saturated rings. The average molecular weight is 325 g/mol. The van der Waals surface area contributed by atoms with Gasteiger partial charge in [0.15, 0.2) is 0 Å². The molecule has 0 spiro atoms. The van der Waals surface area contributed by atoms with Crippen molar-refractivity contribution in [2.75, 3.05) is 19.4 Å². The zero-order valence-electron chi connectivity index (χ0n) is 10.9. The lowest BCUT2D eigenvalue weighted by Gasteiger charge is -2.28. The number of nitrogens with zero attached hydrogens (tertiary/aromatic N) is 1. The monoisotopic (exact) mass is 323 g/mol. The minimum absolute atomic E-state index is 0.350. The second-order valence-corrected chi connectivity index (χ2v) is 6.70. The van der Waals surface area contributed by atoms with Crippen molar-refractivity contribution in [1.82, 2.24) is 10.2 Å². The summed E-state index contributed by atoms with van der Waals surface area (Å²) in [6.45, 7) is 1.95. The van der Waals surface area contributed by atoms with Crippen LogP contribution in [0.3, 0.4) is 0 Å². The van der Waals surface area contributed by atoms with E-state index in [9.17, 15) is 4.79 Å². The molecule has 0 saturated heterocycles. The minimum atomic E-state index is -1.67. The van der Waals surface area contributed by atoms with Gasteiger partial charge in [0.1, 0.15) is 6.17 Å². The zero-order valence-corrected chi connectivity index (χ0v) is 13.1. The average Bonchev–Trinajstić information content (AvgIpc) is 2.26. The Kier molecular flexibility index (Phi) is 5.59. The topological polar surface area (TPSA) is 44.4 Å². The molecule has 0 aliphatic carbocycles. The van der Waals surface area contributed by atoms with Crippen LogP contribution in [-0.2, 0) is 0 Å². The van der Waals surface area contributed by atoms with Gasteiger partial charge in [0, 0.05) is 19.8 Å². The van der Waals surface area contributed by atoms with Crippen LogP contribution in [0.1, 0.15) is 5.56 Å². The second kappa shape index (κ2) is 6.55. The number of nitrogens with one attached hydrogen (secondary N) is 2. The Morgan fingerprint density at radius 3 is 2.42 bits per heavy atom. The number of hydrogen-bond donors (Lipinski definition) is 2. The van der Waals surface area contributed by atoms with Gasteiger partial charge in [-0.2, -0.15) is 0 Å². The molecule has 0 aliphatic rings. The van der Waals surface area contributed by atoms with E-state index >= 15 is 0 Å². The summed E-state index contributed by atoms with van der Waals surface area (Å²) in [7, 11) is 3.22. The molecule has 106 valence electrons. The summed E-state index contributed by atoms with van der Waals surface area (Å²) in [6, 6.07) is 7.20. The molecule has 19 heavy (non-hydrogen) atoms. The zero-order chi connectivity index (χ0) is 14.6. The molecular formula is C12H16Cl3N3O. The SMILES string of the molecule is Cc1cccc(N[C@@H](NC(=O)N(C)C)C(Cl)(Cl)Cl)c1. The highest BCUT2D eigenvalue weighted by Crippen LogP contribution is 2.31. The molecule has 0 radical (unpaired) electrons. The number of aryl methyl sites for hydroxylation is 1. The summed E-state index contributed by atoms with van der Waals surface area (Å²) in [6.07, 6.45) is -0.839. The third-order valence-electron chi connectivity index (χ3n) is 2.33. The van der Waals surface area contributed by atoms with Crippen LogP contribution in [-0.4, -0.2) is 35.0 Å². The van der Waals surface area contributed by atoms with Crippen LogP contribution in [0.2, 0.25) is 0 Å². The first-order valence-electron chi connectivity index (χ1n) is 5.58. The van der Waals surface area contributed by atoms with E-state index in [0.29, 0.717) is 0 Å². The Hall–Kier alpha value is -0.840. The molecule has 7 heteroatoms. The Labute approximate surface area is 128 Å². The molecule has 0 unspecified atom stereocenters. The van der Waals surface area contributed by atoms with E-state index in [-0.39, 0.29) is 6.03 Å². The van der Waals surface area contributed by atoms with Gasteiger partial charge < -0.3 is 15.5 Å². The van der Waals surface area contributed by atoms with Gasteiger partial charge in [-0.1, -0.05) is 46.9 Å². The highest BCUT2D eigenvalue weighted by molar-refractivity contribution is 6.68. The van der Waals surface area contributed by atoms with E-state index in [1.807, 2.05) is 31.2 Å². The summed E-state index contributed by atoms with van der Waals surface area (Å²) in [5.41, 5.74) is 1.82. The molecule has 0 aromatic heterocycles. The molecule has 4 nitrogen and oxygen atoms in total. The molecule has 1 aromatic carbocycles. The van der Waals surface area contributed by atoms with Gasteiger partial charge in [0.05, 0.1) is 0 Å². The number of carbonyl (C=O) groups is 1. The van der Waals surface area contributed by atoms with Crippen LogP contribution in [0.25, 0.3) is 0 Å². The second-order valence-electron chi connectivity index (χ2n) is 4.33. The number of rotatable bonds is 3. The van der Waals surface area contributed by atoms with E-state index in [1.165, 1.54) is 4.90 Å². The van der Waals surface area contributed by atoms with Gasteiger partial charge in [-0.15, -0.1) is 0 Å². The van der Waals surface area contributed by atoms with E-state index in [1.54, 1.807) is 14.1 Å². The number of alkyl halides is 3. The molecule has 2 amide bonds. The van der Waals surface area contributed by atoms with Crippen LogP contribution >= 0.6 is 34.8 Å². The predicted octanol–water partition coefficient (Wildman–Crippen LogP) is 3.37. The largest absolute Gasteiger partial charge is 0.362 e. The van der Waals surface area contributed by atoms with Crippen molar-refractivity contribution in [3.63, 3.8) is 0 Å². The van der Waals surface area contributed by atoms with E-state index in [0.717, 1.165) is 11.3 Å². The van der Waals surface area contributed by atoms with Crippen LogP contribution in [0.5, 0.6) is 0 Å². The third-order valence-corrected chi connectivity index (χ3v) is 2.99. The number of halogens is 3. The number of hydrogen-bond acceptors (Lipinski definition) is 2. The molecular weight excluding hydrogens is 309 g/mol. The van der Waals surface area contributed by atoms with Gasteiger partial charge in [-0.05, 0) is 24.6 Å². The smallest absolute Gasteiger partial charge is 0.318 e. The minimum Gasteiger partial charge on any atom is -0.362 e. The maximum Gasteiger partial charge on any atom is 0.318 e. The maximum absolute atomic E-state index is 11.7. The number of amides is 2. The Morgan fingerprint density at radius 2 is 1.95 bits per heavy atom. The van der Waals surface area contributed by atoms with E-state index < -0.39 is 9.96 Å². The molecule has 0 heterocycles.